The quantitative estimate of drug-likeness (QED) is 0.923. The molecule has 1 unspecified atom stereocenters. The lowest BCUT2D eigenvalue weighted by atomic mass is 10.1. The van der Waals surface area contributed by atoms with E-state index in [1.807, 2.05) is 36.4 Å². The number of ketones is 1. The SMILES string of the molecule is CC(=O)C1CNCCN1C(=O)Oc1ccc2ccccc2c1. The van der Waals surface area contributed by atoms with Gasteiger partial charge in [0.05, 0.1) is 0 Å². The minimum absolute atomic E-state index is 0.0392. The fourth-order valence-corrected chi connectivity index (χ4v) is 2.68. The number of carbonyl (C=O) groups is 2. The minimum Gasteiger partial charge on any atom is -0.410 e. The summed E-state index contributed by atoms with van der Waals surface area (Å²) in [6.45, 7) is 3.10. The van der Waals surface area contributed by atoms with Gasteiger partial charge in [-0.1, -0.05) is 30.3 Å². The number of nitrogens with zero attached hydrogens (tertiary/aromatic N) is 1. The van der Waals surface area contributed by atoms with Crippen molar-refractivity contribution in [1.29, 1.82) is 0 Å². The van der Waals surface area contributed by atoms with E-state index in [0.717, 1.165) is 10.8 Å². The van der Waals surface area contributed by atoms with Crippen LogP contribution in [0.25, 0.3) is 10.8 Å². The monoisotopic (exact) mass is 298 g/mol. The van der Waals surface area contributed by atoms with Crippen molar-refractivity contribution in [3.63, 3.8) is 0 Å². The maximum Gasteiger partial charge on any atom is 0.415 e. The fourth-order valence-electron chi connectivity index (χ4n) is 2.68. The molecule has 1 atom stereocenters. The van der Waals surface area contributed by atoms with Crippen LogP contribution in [0, 0.1) is 0 Å². The zero-order valence-electron chi connectivity index (χ0n) is 12.4. The van der Waals surface area contributed by atoms with Gasteiger partial charge in [0.15, 0.2) is 5.78 Å². The molecule has 0 saturated carbocycles. The van der Waals surface area contributed by atoms with Crippen molar-refractivity contribution in [2.75, 3.05) is 19.6 Å². The van der Waals surface area contributed by atoms with Crippen LogP contribution in [-0.2, 0) is 4.79 Å². The number of fused-ring (bicyclic) bond motifs is 1. The summed E-state index contributed by atoms with van der Waals surface area (Å²) in [5.74, 6) is 0.451. The topological polar surface area (TPSA) is 58.6 Å². The third-order valence-electron chi connectivity index (χ3n) is 3.87. The van der Waals surface area contributed by atoms with E-state index in [0.29, 0.717) is 25.4 Å². The Labute approximate surface area is 128 Å². The van der Waals surface area contributed by atoms with Crippen LogP contribution in [0.4, 0.5) is 4.79 Å². The highest BCUT2D eigenvalue weighted by Crippen LogP contribution is 2.21. The molecule has 0 bridgehead atoms. The zero-order chi connectivity index (χ0) is 15.5. The summed E-state index contributed by atoms with van der Waals surface area (Å²) < 4.78 is 5.45. The van der Waals surface area contributed by atoms with Gasteiger partial charge in [0.25, 0.3) is 0 Å². The molecule has 1 aliphatic heterocycles. The van der Waals surface area contributed by atoms with Crippen LogP contribution >= 0.6 is 0 Å². The number of amides is 1. The fraction of sp³-hybridized carbons (Fsp3) is 0.294. The number of carbonyl (C=O) groups excluding carboxylic acids is 2. The van der Waals surface area contributed by atoms with Gasteiger partial charge in [0, 0.05) is 19.6 Å². The van der Waals surface area contributed by atoms with Gasteiger partial charge in [-0.2, -0.15) is 0 Å². The molecule has 1 amide bonds. The van der Waals surface area contributed by atoms with E-state index in [9.17, 15) is 9.59 Å². The largest absolute Gasteiger partial charge is 0.415 e. The second-order valence-electron chi connectivity index (χ2n) is 5.40. The molecule has 5 heteroatoms. The molecule has 22 heavy (non-hydrogen) atoms. The van der Waals surface area contributed by atoms with Crippen molar-refractivity contribution < 1.29 is 14.3 Å². The number of hydrogen-bond acceptors (Lipinski definition) is 4. The minimum atomic E-state index is -0.475. The number of hydrogen-bond donors (Lipinski definition) is 1. The molecule has 0 spiro atoms. The number of nitrogens with one attached hydrogen (secondary N) is 1. The molecule has 2 aromatic rings. The first-order valence-corrected chi connectivity index (χ1v) is 7.33. The van der Waals surface area contributed by atoms with Crippen LogP contribution in [0.3, 0.4) is 0 Å². The van der Waals surface area contributed by atoms with Gasteiger partial charge in [-0.3, -0.25) is 9.69 Å². The number of piperazine rings is 1. The second kappa shape index (κ2) is 6.15. The zero-order valence-corrected chi connectivity index (χ0v) is 12.4. The van der Waals surface area contributed by atoms with E-state index in [-0.39, 0.29) is 5.78 Å². The van der Waals surface area contributed by atoms with Crippen LogP contribution < -0.4 is 10.1 Å². The Morgan fingerprint density at radius 1 is 1.18 bits per heavy atom. The van der Waals surface area contributed by atoms with Crippen molar-refractivity contribution >= 4 is 22.6 Å². The van der Waals surface area contributed by atoms with Gasteiger partial charge >= 0.3 is 6.09 Å². The van der Waals surface area contributed by atoms with Crippen LogP contribution in [0.2, 0.25) is 0 Å². The highest BCUT2D eigenvalue weighted by molar-refractivity contribution is 5.87. The molecular weight excluding hydrogens is 280 g/mol. The smallest absolute Gasteiger partial charge is 0.410 e. The van der Waals surface area contributed by atoms with Crippen LogP contribution in [0.1, 0.15) is 6.92 Å². The molecule has 5 nitrogen and oxygen atoms in total. The lowest BCUT2D eigenvalue weighted by molar-refractivity contribution is -0.122. The average molecular weight is 298 g/mol. The van der Waals surface area contributed by atoms with E-state index >= 15 is 0 Å². The average Bonchev–Trinajstić information content (AvgIpc) is 2.54. The normalized spacial score (nSPS) is 18.2. The predicted octanol–water partition coefficient (Wildman–Crippen LogP) is 2.20. The first kappa shape index (κ1) is 14.5. The Morgan fingerprint density at radius 2 is 1.95 bits per heavy atom. The lowest BCUT2D eigenvalue weighted by Gasteiger charge is -2.33. The van der Waals surface area contributed by atoms with Crippen molar-refractivity contribution in [1.82, 2.24) is 10.2 Å². The molecule has 3 rings (SSSR count). The highest BCUT2D eigenvalue weighted by Gasteiger charge is 2.31. The maximum absolute atomic E-state index is 12.3. The number of benzene rings is 2. The standard InChI is InChI=1S/C17H18N2O3/c1-12(20)16-11-18-8-9-19(16)17(21)22-15-7-6-13-4-2-3-5-14(13)10-15/h2-7,10,16,18H,8-9,11H2,1H3. The van der Waals surface area contributed by atoms with E-state index in [4.69, 9.17) is 4.74 Å². The summed E-state index contributed by atoms with van der Waals surface area (Å²) in [6, 6.07) is 12.9. The first-order valence-electron chi connectivity index (χ1n) is 7.33. The van der Waals surface area contributed by atoms with Crippen molar-refractivity contribution in [3.8, 4) is 5.75 Å². The summed E-state index contributed by atoms with van der Waals surface area (Å²) in [5.41, 5.74) is 0. The Hall–Kier alpha value is -2.40. The second-order valence-corrected chi connectivity index (χ2v) is 5.40. The molecule has 1 saturated heterocycles. The molecule has 2 aromatic carbocycles. The maximum atomic E-state index is 12.3. The van der Waals surface area contributed by atoms with Gasteiger partial charge in [0.1, 0.15) is 11.8 Å². The van der Waals surface area contributed by atoms with Crippen LogP contribution in [-0.4, -0.2) is 42.5 Å². The van der Waals surface area contributed by atoms with E-state index in [2.05, 4.69) is 5.32 Å². The van der Waals surface area contributed by atoms with Gasteiger partial charge < -0.3 is 10.1 Å². The molecule has 114 valence electrons. The lowest BCUT2D eigenvalue weighted by Crippen LogP contribution is -2.57. The Balaban J connectivity index is 1.78. The Bertz CT molecular complexity index is 714. The summed E-state index contributed by atoms with van der Waals surface area (Å²) in [5, 5.41) is 5.22. The molecule has 1 fully saturated rings. The van der Waals surface area contributed by atoms with Gasteiger partial charge in [-0.05, 0) is 29.8 Å². The van der Waals surface area contributed by atoms with Crippen molar-refractivity contribution in [2.24, 2.45) is 0 Å². The molecule has 1 heterocycles. The Kier molecular flexibility index (Phi) is 4.06. The van der Waals surface area contributed by atoms with E-state index in [1.54, 1.807) is 6.07 Å². The van der Waals surface area contributed by atoms with E-state index < -0.39 is 12.1 Å². The van der Waals surface area contributed by atoms with Gasteiger partial charge in [-0.15, -0.1) is 0 Å². The molecule has 1 aliphatic rings. The molecule has 0 radical (unpaired) electrons. The van der Waals surface area contributed by atoms with Crippen LogP contribution in [0.5, 0.6) is 5.75 Å². The van der Waals surface area contributed by atoms with Crippen molar-refractivity contribution in [2.45, 2.75) is 13.0 Å². The molecular formula is C17H18N2O3. The molecule has 0 aromatic heterocycles. The summed E-state index contributed by atoms with van der Waals surface area (Å²) in [4.78, 5) is 25.5. The third kappa shape index (κ3) is 2.94. The molecule has 1 N–H and O–H groups in total. The molecule has 0 aliphatic carbocycles. The van der Waals surface area contributed by atoms with Crippen LogP contribution in [0.15, 0.2) is 42.5 Å². The summed E-state index contributed by atoms with van der Waals surface area (Å²) in [6.07, 6.45) is -0.475. The summed E-state index contributed by atoms with van der Waals surface area (Å²) >= 11 is 0. The number of rotatable bonds is 2. The number of Topliss-reactive ketones (excluding diaryl/α,β-unsaturated/α-hetero) is 1. The predicted molar refractivity (Wildman–Crippen MR) is 84.0 cm³/mol. The first-order chi connectivity index (χ1) is 10.6. The Morgan fingerprint density at radius 3 is 2.73 bits per heavy atom. The van der Waals surface area contributed by atoms with Crippen molar-refractivity contribution in [3.05, 3.63) is 42.5 Å². The third-order valence-corrected chi connectivity index (χ3v) is 3.87. The van der Waals surface area contributed by atoms with Gasteiger partial charge in [0.2, 0.25) is 0 Å². The highest BCUT2D eigenvalue weighted by atomic mass is 16.6. The van der Waals surface area contributed by atoms with Gasteiger partial charge in [-0.25, -0.2) is 4.79 Å². The summed E-state index contributed by atoms with van der Waals surface area (Å²) in [7, 11) is 0. The van der Waals surface area contributed by atoms with E-state index in [1.165, 1.54) is 11.8 Å². The number of ether oxygens (including phenoxy) is 1.